The molecule has 2 rings (SSSR count). The van der Waals surface area contributed by atoms with Gasteiger partial charge in [0.05, 0.1) is 0 Å². The normalized spacial score (nSPS) is 22.8. The van der Waals surface area contributed by atoms with Crippen LogP contribution in [0.15, 0.2) is 35.5 Å². The summed E-state index contributed by atoms with van der Waals surface area (Å²) < 4.78 is 0.910. The molecule has 1 aliphatic rings. The molecule has 1 aromatic carbocycles. The molecule has 0 radical (unpaired) electrons. The van der Waals surface area contributed by atoms with Gasteiger partial charge in [-0.25, -0.2) is 0 Å². The van der Waals surface area contributed by atoms with E-state index in [1.807, 2.05) is 12.1 Å². The second-order valence-electron chi connectivity index (χ2n) is 5.11. The maximum atomic E-state index is 8.83. The van der Waals surface area contributed by atoms with E-state index in [2.05, 4.69) is 55.1 Å². The quantitative estimate of drug-likeness (QED) is 0.330. The Labute approximate surface area is 108 Å². The summed E-state index contributed by atoms with van der Waals surface area (Å²) in [5.74, 6) is 0. The summed E-state index contributed by atoms with van der Waals surface area (Å²) >= 11 is 0.128. The monoisotopic (exact) mass is 293 g/mol. The molecule has 0 amide bonds. The zero-order chi connectivity index (χ0) is 12.5. The first-order valence-corrected chi connectivity index (χ1v) is 7.23. The molecule has 88 valence electrons. The molecule has 0 N–H and O–H groups in total. The summed E-state index contributed by atoms with van der Waals surface area (Å²) in [5.41, 5.74) is 10.0. The average Bonchev–Trinajstić information content (AvgIpc) is 2.28. The Morgan fingerprint density at radius 1 is 1.29 bits per heavy atom. The minimum absolute atomic E-state index is 0.0662. The summed E-state index contributed by atoms with van der Waals surface area (Å²) in [6.45, 7) is 6.38. The molecule has 3 nitrogen and oxygen atoms in total. The van der Waals surface area contributed by atoms with Crippen molar-refractivity contribution < 1.29 is 0 Å². The van der Waals surface area contributed by atoms with Crippen molar-refractivity contribution in [1.29, 1.82) is 0 Å². The summed E-state index contributed by atoms with van der Waals surface area (Å²) in [7, 11) is 0. The molecular formula is C13H15N3Se. The van der Waals surface area contributed by atoms with Gasteiger partial charge in [-0.3, -0.25) is 0 Å². The van der Waals surface area contributed by atoms with Gasteiger partial charge < -0.3 is 0 Å². The van der Waals surface area contributed by atoms with Crippen LogP contribution in [0.4, 0.5) is 0 Å². The Balaban J connectivity index is 2.53. The molecule has 0 spiro atoms. The molecule has 17 heavy (non-hydrogen) atoms. The van der Waals surface area contributed by atoms with Gasteiger partial charge in [0, 0.05) is 0 Å². The molecule has 1 aromatic rings. The van der Waals surface area contributed by atoms with E-state index in [9.17, 15) is 0 Å². The molecule has 0 saturated heterocycles. The predicted molar refractivity (Wildman–Crippen MR) is 72.2 cm³/mol. The average molecular weight is 292 g/mol. The molecule has 1 aliphatic heterocycles. The second kappa shape index (κ2) is 4.23. The first kappa shape index (κ1) is 12.3. The molecule has 1 atom stereocenters. The van der Waals surface area contributed by atoms with Gasteiger partial charge in [0.25, 0.3) is 0 Å². The summed E-state index contributed by atoms with van der Waals surface area (Å²) in [6, 6.07) is 8.32. The Morgan fingerprint density at radius 2 is 2.00 bits per heavy atom. The van der Waals surface area contributed by atoms with Crippen LogP contribution < -0.4 is 4.46 Å². The van der Waals surface area contributed by atoms with Crippen molar-refractivity contribution in [1.82, 2.24) is 0 Å². The minimum atomic E-state index is -0.400. The van der Waals surface area contributed by atoms with E-state index in [1.165, 1.54) is 10.0 Å². The van der Waals surface area contributed by atoms with Gasteiger partial charge in [-0.2, -0.15) is 0 Å². The standard InChI is InChI=1S/C13H15N3Se/c1-12(2,3)13(15-16-14)9-8-10-6-4-5-7-11(10)17-13/h4-9H,1-3H3. The van der Waals surface area contributed by atoms with E-state index in [0.29, 0.717) is 0 Å². The van der Waals surface area contributed by atoms with Crippen molar-refractivity contribution in [3.8, 4) is 0 Å². The molecule has 4 heteroatoms. The van der Waals surface area contributed by atoms with Crippen LogP contribution in [0.3, 0.4) is 0 Å². The number of azide groups is 1. The van der Waals surface area contributed by atoms with Crippen LogP contribution in [-0.2, 0) is 0 Å². The molecule has 0 saturated carbocycles. The fraction of sp³-hybridized carbons (Fsp3) is 0.385. The number of fused-ring (bicyclic) bond motifs is 1. The van der Waals surface area contributed by atoms with Gasteiger partial charge in [-0.05, 0) is 0 Å². The third kappa shape index (κ3) is 2.12. The SMILES string of the molecule is CC(C)(C)C1(N=[N+]=[N-])C=Cc2ccccc2[Se]1. The van der Waals surface area contributed by atoms with Crippen molar-refractivity contribution in [2.45, 2.75) is 25.2 Å². The Hall–Kier alpha value is -1.21. The third-order valence-electron chi connectivity index (χ3n) is 2.94. The number of rotatable bonds is 1. The molecule has 0 aromatic heterocycles. The third-order valence-corrected chi connectivity index (χ3v) is 6.58. The number of hydrogen-bond acceptors (Lipinski definition) is 1. The summed E-state index contributed by atoms with van der Waals surface area (Å²) in [5, 5.41) is 4.11. The van der Waals surface area contributed by atoms with E-state index in [0.717, 1.165) is 0 Å². The van der Waals surface area contributed by atoms with Gasteiger partial charge in [0.1, 0.15) is 0 Å². The van der Waals surface area contributed by atoms with Crippen LogP contribution >= 0.6 is 0 Å². The van der Waals surface area contributed by atoms with Crippen molar-refractivity contribution in [3.63, 3.8) is 0 Å². The Morgan fingerprint density at radius 3 is 2.65 bits per heavy atom. The molecule has 1 unspecified atom stereocenters. The van der Waals surface area contributed by atoms with Crippen LogP contribution in [0.5, 0.6) is 0 Å². The Bertz CT molecular complexity index is 510. The molecule has 0 fully saturated rings. The topological polar surface area (TPSA) is 48.8 Å². The number of hydrogen-bond donors (Lipinski definition) is 0. The maximum absolute atomic E-state index is 8.83. The first-order valence-electron chi connectivity index (χ1n) is 5.52. The first-order chi connectivity index (χ1) is 7.98. The number of nitrogens with zero attached hydrogens (tertiary/aromatic N) is 3. The van der Waals surface area contributed by atoms with E-state index in [1.54, 1.807) is 0 Å². The zero-order valence-electron chi connectivity index (χ0n) is 10.2. The van der Waals surface area contributed by atoms with E-state index < -0.39 is 4.44 Å². The van der Waals surface area contributed by atoms with Gasteiger partial charge in [-0.15, -0.1) is 0 Å². The molecule has 1 heterocycles. The van der Waals surface area contributed by atoms with Crippen molar-refractivity contribution in [3.05, 3.63) is 46.3 Å². The van der Waals surface area contributed by atoms with Gasteiger partial charge in [0.15, 0.2) is 0 Å². The van der Waals surface area contributed by atoms with E-state index in [-0.39, 0.29) is 20.4 Å². The van der Waals surface area contributed by atoms with Crippen LogP contribution in [0.25, 0.3) is 16.5 Å². The summed E-state index contributed by atoms with van der Waals surface area (Å²) in [4.78, 5) is 3.06. The van der Waals surface area contributed by atoms with Crippen LogP contribution in [0, 0.1) is 5.41 Å². The fourth-order valence-corrected chi connectivity index (χ4v) is 4.42. The van der Waals surface area contributed by atoms with Crippen LogP contribution in [0.1, 0.15) is 26.3 Å². The predicted octanol–water partition coefficient (Wildman–Crippen LogP) is 3.10. The van der Waals surface area contributed by atoms with Gasteiger partial charge in [0.2, 0.25) is 0 Å². The zero-order valence-corrected chi connectivity index (χ0v) is 11.9. The molecule has 0 bridgehead atoms. The van der Waals surface area contributed by atoms with E-state index in [4.69, 9.17) is 5.53 Å². The van der Waals surface area contributed by atoms with Crippen LogP contribution in [-0.4, -0.2) is 19.4 Å². The fourth-order valence-electron chi connectivity index (χ4n) is 1.79. The Kier molecular flexibility index (Phi) is 3.05. The van der Waals surface area contributed by atoms with Crippen molar-refractivity contribution in [2.75, 3.05) is 0 Å². The van der Waals surface area contributed by atoms with Gasteiger partial charge >= 0.3 is 108 Å². The second-order valence-corrected chi connectivity index (χ2v) is 7.77. The molecular weight excluding hydrogens is 277 g/mol. The van der Waals surface area contributed by atoms with E-state index >= 15 is 0 Å². The van der Waals surface area contributed by atoms with Crippen LogP contribution in [0.2, 0.25) is 0 Å². The number of benzene rings is 1. The summed E-state index contributed by atoms with van der Waals surface area (Å²) in [6.07, 6.45) is 4.16. The van der Waals surface area contributed by atoms with Crippen molar-refractivity contribution >= 4 is 25.5 Å². The van der Waals surface area contributed by atoms with Crippen molar-refractivity contribution in [2.24, 2.45) is 10.5 Å². The molecule has 0 aliphatic carbocycles. The van der Waals surface area contributed by atoms with Gasteiger partial charge in [-0.1, -0.05) is 0 Å².